The first-order chi connectivity index (χ1) is 3.81. The van der Waals surface area contributed by atoms with Gasteiger partial charge in [0.1, 0.15) is 0 Å². The van der Waals surface area contributed by atoms with Gasteiger partial charge in [-0.05, 0) is 0 Å². The van der Waals surface area contributed by atoms with E-state index < -0.39 is 0 Å². The molecule has 0 N–H and O–H groups in total. The third-order valence-electron chi connectivity index (χ3n) is 1.54. The van der Waals surface area contributed by atoms with Gasteiger partial charge in [0.2, 0.25) is 0 Å². The van der Waals surface area contributed by atoms with Crippen molar-refractivity contribution < 1.29 is 68.9 Å². The van der Waals surface area contributed by atoms with E-state index in [1.807, 2.05) is 0 Å². The van der Waals surface area contributed by atoms with E-state index in [1.165, 1.54) is 25.7 Å². The Labute approximate surface area is 119 Å². The van der Waals surface area contributed by atoms with Gasteiger partial charge < -0.3 is 6.92 Å². The van der Waals surface area contributed by atoms with Gasteiger partial charge in [-0.1, -0.05) is 39.5 Å². The van der Waals surface area contributed by atoms with Gasteiger partial charge >= 0.3 is 68.9 Å². The molecule has 50 valence electrons. The minimum Gasteiger partial charge on any atom is -0.340 e. The van der Waals surface area contributed by atoms with Crippen molar-refractivity contribution in [2.24, 2.45) is 5.92 Å². The molecule has 1 heteroatoms. The van der Waals surface area contributed by atoms with Gasteiger partial charge in [0, 0.05) is 0 Å². The van der Waals surface area contributed by atoms with Crippen LogP contribution in [0.2, 0.25) is 0 Å². The van der Waals surface area contributed by atoms with Gasteiger partial charge in [-0.2, -0.15) is 5.92 Å². The molecule has 0 fully saturated rings. The second kappa shape index (κ2) is 10.1. The van der Waals surface area contributed by atoms with Crippen molar-refractivity contribution >= 4 is 0 Å². The molecule has 0 aliphatic carbocycles. The van der Waals surface area contributed by atoms with Crippen LogP contribution in [-0.2, 0) is 0 Å². The van der Waals surface area contributed by atoms with Crippen molar-refractivity contribution in [2.45, 2.75) is 39.5 Å². The zero-order valence-electron chi connectivity index (χ0n) is 7.11. The topological polar surface area (TPSA) is 0 Å². The normalized spacial score (nSPS) is 12.3. The maximum absolute atomic E-state index is 3.99. The zero-order chi connectivity index (χ0) is 6.41. The van der Waals surface area contributed by atoms with Crippen LogP contribution in [0.15, 0.2) is 0 Å². The van der Waals surface area contributed by atoms with Crippen LogP contribution in [0.25, 0.3) is 0 Å². The summed E-state index contributed by atoms with van der Waals surface area (Å²) in [4.78, 5) is 0. The Kier molecular flexibility index (Phi) is 15.2. The average molecular weight is 246 g/mol. The van der Waals surface area contributed by atoms with Crippen LogP contribution in [0.5, 0.6) is 0 Å². The largest absolute Gasteiger partial charge is 1.00 e. The van der Waals surface area contributed by atoms with Crippen LogP contribution in [0.4, 0.5) is 0 Å². The molecule has 9 heavy (non-hydrogen) atoms. The Morgan fingerprint density at radius 3 is 2.22 bits per heavy atom. The Morgan fingerprint density at radius 1 is 1.33 bits per heavy atom. The fourth-order valence-electron chi connectivity index (χ4n) is 0.697. The molecule has 0 bridgehead atoms. The maximum atomic E-state index is 3.99. The van der Waals surface area contributed by atoms with Crippen molar-refractivity contribution in [3.8, 4) is 0 Å². The third-order valence-corrected chi connectivity index (χ3v) is 1.54. The third kappa shape index (κ3) is 10.1. The van der Waals surface area contributed by atoms with Crippen molar-refractivity contribution in [3.05, 3.63) is 6.92 Å². The van der Waals surface area contributed by atoms with Crippen LogP contribution in [0.3, 0.4) is 0 Å². The molecule has 0 aliphatic heterocycles. The number of hydrogen-bond donors (Lipinski definition) is 0. The average Bonchev–Trinajstić information content (AvgIpc) is 1.83. The van der Waals surface area contributed by atoms with Crippen LogP contribution in [0.1, 0.15) is 39.5 Å². The Bertz CT molecular complexity index is 43.8. The van der Waals surface area contributed by atoms with Crippen molar-refractivity contribution in [3.63, 3.8) is 0 Å². The molecule has 0 saturated carbocycles. The molecule has 0 rings (SSSR count). The fraction of sp³-hybridized carbons (Fsp3) is 0.875. The molecule has 0 spiro atoms. The maximum Gasteiger partial charge on any atom is 1.00 e. The minimum atomic E-state index is 0. The molecule has 0 amide bonds. The summed E-state index contributed by atoms with van der Waals surface area (Å²) in [6.45, 7) is 8.42. The molecule has 0 nitrogen and oxygen atoms in total. The summed E-state index contributed by atoms with van der Waals surface area (Å²) in [6, 6.07) is 0. The zero-order valence-corrected chi connectivity index (χ0v) is 13.4. The van der Waals surface area contributed by atoms with E-state index in [4.69, 9.17) is 0 Å². The predicted molar refractivity (Wildman–Crippen MR) is 38.7 cm³/mol. The minimum absolute atomic E-state index is 0. The Morgan fingerprint density at radius 2 is 1.89 bits per heavy atom. The van der Waals surface area contributed by atoms with Crippen molar-refractivity contribution in [2.75, 3.05) is 0 Å². The molecular weight excluding hydrogens is 229 g/mol. The quantitative estimate of drug-likeness (QED) is 0.614. The standard InChI is InChI=1S/C8H17.Cs/c1-4-6-7-8(3)5-2;/h8H,3-7H2,1-2H3;/q-1;+1. The summed E-state index contributed by atoms with van der Waals surface area (Å²) >= 11 is 0. The van der Waals surface area contributed by atoms with E-state index in [9.17, 15) is 0 Å². The summed E-state index contributed by atoms with van der Waals surface area (Å²) in [7, 11) is 0. The van der Waals surface area contributed by atoms with Gasteiger partial charge in [-0.3, -0.25) is 0 Å². The van der Waals surface area contributed by atoms with E-state index in [1.54, 1.807) is 0 Å². The Balaban J connectivity index is 0. The molecule has 1 unspecified atom stereocenters. The monoisotopic (exact) mass is 246 g/mol. The molecule has 0 heterocycles. The van der Waals surface area contributed by atoms with Gasteiger partial charge in [0.15, 0.2) is 0 Å². The SMILES string of the molecule is [CH2-]C(CC)CCCC.[Cs+]. The van der Waals surface area contributed by atoms with Crippen LogP contribution >= 0.6 is 0 Å². The molecule has 1 atom stereocenters. The molecule has 0 aromatic rings. The van der Waals surface area contributed by atoms with E-state index >= 15 is 0 Å². The van der Waals surface area contributed by atoms with Gasteiger partial charge in [0.05, 0.1) is 0 Å². The first kappa shape index (κ1) is 13.6. The van der Waals surface area contributed by atoms with E-state index in [0.717, 1.165) is 0 Å². The van der Waals surface area contributed by atoms with E-state index in [2.05, 4.69) is 20.8 Å². The second-order valence-corrected chi connectivity index (χ2v) is 2.42. The smallest absolute Gasteiger partial charge is 0.340 e. The molecule has 0 saturated heterocycles. The molecule has 0 aromatic heterocycles. The summed E-state index contributed by atoms with van der Waals surface area (Å²) in [5.74, 6) is 0.704. The molecule has 0 aliphatic rings. The van der Waals surface area contributed by atoms with Gasteiger partial charge in [0.25, 0.3) is 0 Å². The first-order valence-electron chi connectivity index (χ1n) is 3.64. The molecule has 0 radical (unpaired) electrons. The number of hydrogen-bond acceptors (Lipinski definition) is 0. The number of unbranched alkanes of at least 4 members (excludes halogenated alkanes) is 1. The molecular formula is C8H17Cs. The van der Waals surface area contributed by atoms with Crippen LogP contribution < -0.4 is 68.9 Å². The van der Waals surface area contributed by atoms with Gasteiger partial charge in [-0.15, -0.1) is 0 Å². The summed E-state index contributed by atoms with van der Waals surface area (Å²) in [5.41, 5.74) is 0. The van der Waals surface area contributed by atoms with Crippen LogP contribution in [0, 0.1) is 12.8 Å². The first-order valence-corrected chi connectivity index (χ1v) is 3.64. The summed E-state index contributed by atoms with van der Waals surface area (Å²) in [6.07, 6.45) is 5.21. The van der Waals surface area contributed by atoms with Crippen LogP contribution in [-0.4, -0.2) is 0 Å². The van der Waals surface area contributed by atoms with Crippen molar-refractivity contribution in [1.29, 1.82) is 0 Å². The summed E-state index contributed by atoms with van der Waals surface area (Å²) < 4.78 is 0. The molecule has 0 aromatic carbocycles. The van der Waals surface area contributed by atoms with Gasteiger partial charge in [-0.25, -0.2) is 0 Å². The summed E-state index contributed by atoms with van der Waals surface area (Å²) in [5, 5.41) is 0. The number of rotatable bonds is 4. The Hall–Kier alpha value is 2.05. The van der Waals surface area contributed by atoms with E-state index in [0.29, 0.717) is 5.92 Å². The fourth-order valence-corrected chi connectivity index (χ4v) is 0.697. The second-order valence-electron chi connectivity index (χ2n) is 2.42. The van der Waals surface area contributed by atoms with Crippen molar-refractivity contribution in [1.82, 2.24) is 0 Å². The van der Waals surface area contributed by atoms with E-state index in [-0.39, 0.29) is 68.9 Å². The predicted octanol–water partition coefficient (Wildman–Crippen LogP) is 0.0409.